The van der Waals surface area contributed by atoms with Crippen molar-refractivity contribution < 1.29 is 9.72 Å². The highest BCUT2D eigenvalue weighted by Gasteiger charge is 2.18. The van der Waals surface area contributed by atoms with Gasteiger partial charge in [-0.1, -0.05) is 11.6 Å². The molecule has 0 radical (unpaired) electrons. The molecule has 0 amide bonds. The smallest absolute Gasteiger partial charge is 0.285 e. The van der Waals surface area contributed by atoms with Crippen molar-refractivity contribution in [3.05, 3.63) is 37.3 Å². The highest BCUT2D eigenvalue weighted by atomic mass is 79.9. The van der Waals surface area contributed by atoms with E-state index in [1.807, 2.05) is 0 Å². The monoisotopic (exact) mass is 277 g/mol. The molecular weight excluding hydrogens is 273 g/mol. The summed E-state index contributed by atoms with van der Waals surface area (Å²) in [5.74, 6) is -0.231. The number of Topliss-reactive ketones (excluding diaryl/α,β-unsaturated/α-hetero) is 1. The van der Waals surface area contributed by atoms with Crippen LogP contribution in [-0.2, 0) is 0 Å². The molecule has 0 aliphatic carbocycles. The van der Waals surface area contributed by atoms with Crippen LogP contribution in [0.5, 0.6) is 0 Å². The van der Waals surface area contributed by atoms with Crippen LogP contribution in [0.15, 0.2) is 16.6 Å². The number of carbonyl (C=O) groups is 1. The van der Waals surface area contributed by atoms with E-state index in [0.29, 0.717) is 0 Å². The summed E-state index contributed by atoms with van der Waals surface area (Å²) >= 11 is 8.74. The molecule has 1 aromatic carbocycles. The van der Waals surface area contributed by atoms with Crippen LogP contribution in [0.2, 0.25) is 5.02 Å². The van der Waals surface area contributed by atoms with Crippen LogP contribution in [0.1, 0.15) is 17.3 Å². The average Bonchev–Trinajstić information content (AvgIpc) is 2.08. The lowest BCUT2D eigenvalue weighted by Gasteiger charge is -2.02. The van der Waals surface area contributed by atoms with Crippen molar-refractivity contribution in [2.45, 2.75) is 6.92 Å². The number of hydrogen-bond acceptors (Lipinski definition) is 3. The van der Waals surface area contributed by atoms with Gasteiger partial charge in [-0.15, -0.1) is 0 Å². The van der Waals surface area contributed by atoms with E-state index < -0.39 is 4.92 Å². The van der Waals surface area contributed by atoms with Crippen molar-refractivity contribution in [2.24, 2.45) is 0 Å². The largest absolute Gasteiger partial charge is 0.294 e. The number of nitro benzene ring substituents is 1. The van der Waals surface area contributed by atoms with Crippen LogP contribution in [-0.4, -0.2) is 10.7 Å². The van der Waals surface area contributed by atoms with E-state index in [9.17, 15) is 14.9 Å². The number of nitrogens with zero attached hydrogens (tertiary/aromatic N) is 1. The van der Waals surface area contributed by atoms with Gasteiger partial charge < -0.3 is 0 Å². The van der Waals surface area contributed by atoms with Gasteiger partial charge in [-0.3, -0.25) is 14.9 Å². The van der Waals surface area contributed by atoms with Crippen LogP contribution in [0.4, 0.5) is 5.69 Å². The molecule has 0 saturated heterocycles. The molecule has 1 aromatic rings. The summed E-state index contributed by atoms with van der Waals surface area (Å²) in [5.41, 5.74) is 0.115. The van der Waals surface area contributed by atoms with E-state index in [2.05, 4.69) is 15.9 Å². The topological polar surface area (TPSA) is 60.2 Å². The normalized spacial score (nSPS) is 9.93. The molecule has 0 heterocycles. The zero-order valence-corrected chi connectivity index (χ0v) is 9.42. The molecule has 0 unspecified atom stereocenters. The third kappa shape index (κ3) is 1.93. The SMILES string of the molecule is CC(=O)c1ccc([N+](=O)[O-])c(Br)c1Cl. The van der Waals surface area contributed by atoms with Crippen molar-refractivity contribution in [1.82, 2.24) is 0 Å². The fourth-order valence-corrected chi connectivity index (χ4v) is 1.74. The summed E-state index contributed by atoms with van der Waals surface area (Å²) in [6, 6.07) is 2.58. The maximum absolute atomic E-state index is 11.0. The first-order chi connectivity index (χ1) is 6.45. The first kappa shape index (κ1) is 11.1. The Labute approximate surface area is 93.1 Å². The molecule has 0 aliphatic rings. The Bertz CT molecular complexity index is 380. The highest BCUT2D eigenvalue weighted by molar-refractivity contribution is 9.10. The molecule has 4 nitrogen and oxygen atoms in total. The number of nitro groups is 1. The Balaban J connectivity index is 3.41. The van der Waals surface area contributed by atoms with E-state index in [-0.39, 0.29) is 26.5 Å². The highest BCUT2D eigenvalue weighted by Crippen LogP contribution is 2.34. The maximum atomic E-state index is 11.0. The number of hydrogen-bond donors (Lipinski definition) is 0. The number of rotatable bonds is 2. The lowest BCUT2D eigenvalue weighted by atomic mass is 10.1. The predicted octanol–water partition coefficient (Wildman–Crippen LogP) is 3.21. The maximum Gasteiger partial charge on any atom is 0.285 e. The minimum atomic E-state index is -0.570. The zero-order valence-electron chi connectivity index (χ0n) is 7.08. The number of benzene rings is 1. The number of halogens is 2. The van der Waals surface area contributed by atoms with Gasteiger partial charge in [-0.25, -0.2) is 0 Å². The van der Waals surface area contributed by atoms with E-state index in [4.69, 9.17) is 11.6 Å². The van der Waals surface area contributed by atoms with Gasteiger partial charge in [0, 0.05) is 11.6 Å². The first-order valence-corrected chi connectivity index (χ1v) is 4.75. The van der Waals surface area contributed by atoms with Crippen LogP contribution in [0, 0.1) is 10.1 Å². The summed E-state index contributed by atoms with van der Waals surface area (Å²) in [6.45, 7) is 1.35. The van der Waals surface area contributed by atoms with E-state index >= 15 is 0 Å². The van der Waals surface area contributed by atoms with Crippen molar-refractivity contribution in [1.29, 1.82) is 0 Å². The third-order valence-electron chi connectivity index (χ3n) is 1.64. The molecule has 0 aromatic heterocycles. The van der Waals surface area contributed by atoms with Gasteiger partial charge >= 0.3 is 0 Å². The fraction of sp³-hybridized carbons (Fsp3) is 0.125. The van der Waals surface area contributed by atoms with Crippen LogP contribution < -0.4 is 0 Å². The summed E-state index contributed by atoms with van der Waals surface area (Å²) in [6.07, 6.45) is 0. The predicted molar refractivity (Wildman–Crippen MR) is 55.8 cm³/mol. The Morgan fingerprint density at radius 2 is 2.14 bits per heavy atom. The standard InChI is InChI=1S/C8H5BrClNO3/c1-4(12)5-2-3-6(11(13)14)7(9)8(5)10/h2-3H,1H3. The molecule has 74 valence electrons. The van der Waals surface area contributed by atoms with Gasteiger partial charge in [0.2, 0.25) is 0 Å². The average molecular weight is 278 g/mol. The summed E-state index contributed by atoms with van der Waals surface area (Å²) < 4.78 is 0.136. The molecule has 0 saturated carbocycles. The minimum absolute atomic E-state index is 0.0756. The Morgan fingerprint density at radius 3 is 2.57 bits per heavy atom. The van der Waals surface area contributed by atoms with Crippen LogP contribution in [0.3, 0.4) is 0 Å². The Kier molecular flexibility index (Phi) is 3.23. The van der Waals surface area contributed by atoms with Gasteiger partial charge in [-0.05, 0) is 28.9 Å². The molecule has 0 bridgehead atoms. The molecule has 6 heteroatoms. The van der Waals surface area contributed by atoms with Crippen molar-refractivity contribution in [2.75, 3.05) is 0 Å². The number of ketones is 1. The number of carbonyl (C=O) groups excluding carboxylic acids is 1. The summed E-state index contributed by atoms with van der Waals surface area (Å²) in [4.78, 5) is 20.9. The lowest BCUT2D eigenvalue weighted by Crippen LogP contribution is -1.97. The second kappa shape index (κ2) is 4.06. The summed E-state index contributed by atoms with van der Waals surface area (Å²) in [7, 11) is 0. The summed E-state index contributed by atoms with van der Waals surface area (Å²) in [5, 5.41) is 10.6. The molecule has 1 rings (SSSR count). The first-order valence-electron chi connectivity index (χ1n) is 3.58. The molecule has 0 fully saturated rings. The second-order valence-corrected chi connectivity index (χ2v) is 3.74. The van der Waals surface area contributed by atoms with Crippen LogP contribution in [0.25, 0.3) is 0 Å². The van der Waals surface area contributed by atoms with Gasteiger partial charge in [0.05, 0.1) is 9.95 Å². The van der Waals surface area contributed by atoms with Gasteiger partial charge in [0.15, 0.2) is 5.78 Å². The fourth-order valence-electron chi connectivity index (χ4n) is 0.952. The Morgan fingerprint density at radius 1 is 1.57 bits per heavy atom. The van der Waals surface area contributed by atoms with Gasteiger partial charge in [-0.2, -0.15) is 0 Å². The van der Waals surface area contributed by atoms with Crippen molar-refractivity contribution in [3.63, 3.8) is 0 Å². The second-order valence-electron chi connectivity index (χ2n) is 2.57. The molecule has 0 atom stereocenters. The molecule has 0 N–H and O–H groups in total. The van der Waals surface area contributed by atoms with E-state index in [1.54, 1.807) is 0 Å². The Hall–Kier alpha value is -0.940. The quantitative estimate of drug-likeness (QED) is 0.474. The van der Waals surface area contributed by atoms with Crippen LogP contribution >= 0.6 is 27.5 Å². The van der Waals surface area contributed by atoms with Gasteiger partial charge in [0.1, 0.15) is 4.47 Å². The van der Waals surface area contributed by atoms with Crippen molar-refractivity contribution in [3.8, 4) is 0 Å². The zero-order chi connectivity index (χ0) is 10.9. The third-order valence-corrected chi connectivity index (χ3v) is 3.06. The van der Waals surface area contributed by atoms with E-state index in [0.717, 1.165) is 0 Å². The molecule has 0 aliphatic heterocycles. The minimum Gasteiger partial charge on any atom is -0.294 e. The molecule has 14 heavy (non-hydrogen) atoms. The lowest BCUT2D eigenvalue weighted by molar-refractivity contribution is -0.385. The van der Waals surface area contributed by atoms with Gasteiger partial charge in [0.25, 0.3) is 5.69 Å². The molecule has 0 spiro atoms. The van der Waals surface area contributed by atoms with E-state index in [1.165, 1.54) is 19.1 Å². The van der Waals surface area contributed by atoms with Crippen molar-refractivity contribution >= 4 is 39.0 Å². The molecular formula is C8H5BrClNO3.